The van der Waals surface area contributed by atoms with Gasteiger partial charge >= 0.3 is 0 Å². The van der Waals surface area contributed by atoms with Crippen molar-refractivity contribution in [1.82, 2.24) is 9.97 Å². The standard InChI is InChI=1S/C24H26ClN3O/c1-3-4-5-6-9-17(2)29-23-13-12-20(25)15-18(23)14-19(16-26)24-27-21-10-7-8-11-22(21)28-24/h7-8,10-15,17H,3-6,9H2,1-2H3,(H,27,28)/b19-14+/t17-/m1/s1. The third-order valence-electron chi connectivity index (χ3n) is 4.83. The van der Waals surface area contributed by atoms with Crippen molar-refractivity contribution in [1.29, 1.82) is 5.26 Å². The van der Waals surface area contributed by atoms with E-state index >= 15 is 0 Å². The lowest BCUT2D eigenvalue weighted by Crippen LogP contribution is -2.12. The normalized spacial score (nSPS) is 12.7. The molecule has 0 unspecified atom stereocenters. The number of aromatic amines is 1. The molecule has 0 radical (unpaired) electrons. The first-order chi connectivity index (χ1) is 14.1. The van der Waals surface area contributed by atoms with Gasteiger partial charge in [0.1, 0.15) is 17.6 Å². The molecule has 3 aromatic rings. The van der Waals surface area contributed by atoms with Crippen LogP contribution in [0.25, 0.3) is 22.7 Å². The van der Waals surface area contributed by atoms with Gasteiger partial charge in [-0.2, -0.15) is 5.26 Å². The molecular weight excluding hydrogens is 382 g/mol. The van der Waals surface area contributed by atoms with Gasteiger partial charge < -0.3 is 9.72 Å². The minimum absolute atomic E-state index is 0.0944. The predicted octanol–water partition coefficient (Wildman–Crippen LogP) is 7.02. The summed E-state index contributed by atoms with van der Waals surface area (Å²) in [7, 11) is 0. The highest BCUT2D eigenvalue weighted by Crippen LogP contribution is 2.29. The molecule has 0 saturated carbocycles. The number of benzene rings is 2. The van der Waals surface area contributed by atoms with Crippen molar-refractivity contribution in [3.8, 4) is 11.8 Å². The average molecular weight is 408 g/mol. The first-order valence-electron chi connectivity index (χ1n) is 10.1. The Morgan fingerprint density at radius 3 is 2.83 bits per heavy atom. The van der Waals surface area contributed by atoms with Gasteiger partial charge in [-0.1, -0.05) is 49.9 Å². The Hall–Kier alpha value is -2.77. The van der Waals surface area contributed by atoms with Crippen molar-refractivity contribution in [2.75, 3.05) is 0 Å². The van der Waals surface area contributed by atoms with Gasteiger partial charge in [-0.05, 0) is 56.2 Å². The van der Waals surface area contributed by atoms with Gasteiger partial charge in [0.15, 0.2) is 0 Å². The number of halogens is 1. The number of H-pyrrole nitrogens is 1. The number of imidazole rings is 1. The molecule has 4 nitrogen and oxygen atoms in total. The topological polar surface area (TPSA) is 61.7 Å². The number of allylic oxidation sites excluding steroid dienone is 1. The van der Waals surface area contributed by atoms with Crippen LogP contribution in [0, 0.1) is 11.3 Å². The quantitative estimate of drug-likeness (QED) is 0.306. The Kier molecular flexibility index (Phi) is 7.32. The van der Waals surface area contributed by atoms with Crippen LogP contribution in [-0.4, -0.2) is 16.1 Å². The summed E-state index contributed by atoms with van der Waals surface area (Å²) >= 11 is 6.22. The molecule has 1 aromatic heterocycles. The fourth-order valence-corrected chi connectivity index (χ4v) is 3.44. The Balaban J connectivity index is 1.84. The molecule has 1 N–H and O–H groups in total. The molecule has 0 amide bonds. The SMILES string of the molecule is CCCCCC[C@@H](C)Oc1ccc(Cl)cc1/C=C(\C#N)c1nc2ccccc2[nH]1. The fourth-order valence-electron chi connectivity index (χ4n) is 3.26. The summed E-state index contributed by atoms with van der Waals surface area (Å²) in [5.41, 5.74) is 2.93. The monoisotopic (exact) mass is 407 g/mol. The van der Waals surface area contributed by atoms with Gasteiger partial charge in [0, 0.05) is 10.6 Å². The molecule has 3 rings (SSSR count). The van der Waals surface area contributed by atoms with E-state index in [0.29, 0.717) is 16.4 Å². The van der Waals surface area contributed by atoms with E-state index in [-0.39, 0.29) is 6.10 Å². The Labute approximate surface area is 177 Å². The Bertz CT molecular complexity index is 999. The number of para-hydroxylation sites is 2. The maximum Gasteiger partial charge on any atom is 0.149 e. The van der Waals surface area contributed by atoms with Crippen LogP contribution in [0.3, 0.4) is 0 Å². The molecule has 0 saturated heterocycles. The zero-order chi connectivity index (χ0) is 20.6. The van der Waals surface area contributed by atoms with Crippen LogP contribution < -0.4 is 4.74 Å². The molecule has 2 aromatic carbocycles. The van der Waals surface area contributed by atoms with Crippen LogP contribution in [0.1, 0.15) is 57.3 Å². The molecule has 150 valence electrons. The second kappa shape index (κ2) is 10.1. The summed E-state index contributed by atoms with van der Waals surface area (Å²) in [5, 5.41) is 10.3. The third-order valence-corrected chi connectivity index (χ3v) is 5.06. The second-order valence-corrected chi connectivity index (χ2v) is 7.67. The van der Waals surface area contributed by atoms with E-state index in [9.17, 15) is 5.26 Å². The molecule has 0 spiro atoms. The summed E-state index contributed by atoms with van der Waals surface area (Å²) in [6, 6.07) is 15.5. The summed E-state index contributed by atoms with van der Waals surface area (Å²) in [4.78, 5) is 7.74. The fraction of sp³-hybridized carbons (Fsp3) is 0.333. The highest BCUT2D eigenvalue weighted by atomic mass is 35.5. The van der Waals surface area contributed by atoms with Gasteiger partial charge in [0.05, 0.1) is 22.7 Å². The van der Waals surface area contributed by atoms with E-state index in [4.69, 9.17) is 16.3 Å². The van der Waals surface area contributed by atoms with Crippen LogP contribution in [0.15, 0.2) is 42.5 Å². The maximum atomic E-state index is 9.72. The molecule has 5 heteroatoms. The van der Waals surface area contributed by atoms with Crippen LogP contribution in [0.5, 0.6) is 5.75 Å². The number of hydrogen-bond acceptors (Lipinski definition) is 3. The molecule has 1 heterocycles. The van der Waals surface area contributed by atoms with Crippen molar-refractivity contribution < 1.29 is 4.74 Å². The van der Waals surface area contributed by atoms with E-state index in [1.165, 1.54) is 19.3 Å². The van der Waals surface area contributed by atoms with E-state index in [0.717, 1.165) is 35.2 Å². The van der Waals surface area contributed by atoms with E-state index < -0.39 is 0 Å². The molecule has 0 bridgehead atoms. The molecule has 0 aliphatic carbocycles. The van der Waals surface area contributed by atoms with Crippen molar-refractivity contribution in [3.05, 3.63) is 58.9 Å². The lowest BCUT2D eigenvalue weighted by molar-refractivity contribution is 0.206. The van der Waals surface area contributed by atoms with Gasteiger partial charge in [-0.25, -0.2) is 4.98 Å². The summed E-state index contributed by atoms with van der Waals surface area (Å²) < 4.78 is 6.18. The number of nitrogens with one attached hydrogen (secondary N) is 1. The summed E-state index contributed by atoms with van der Waals surface area (Å²) in [6.07, 6.45) is 7.73. The largest absolute Gasteiger partial charge is 0.490 e. The lowest BCUT2D eigenvalue weighted by Gasteiger charge is -2.17. The van der Waals surface area contributed by atoms with Crippen molar-refractivity contribution >= 4 is 34.3 Å². The minimum Gasteiger partial charge on any atom is -0.490 e. The van der Waals surface area contributed by atoms with E-state index in [1.54, 1.807) is 6.08 Å². The summed E-state index contributed by atoms with van der Waals surface area (Å²) in [6.45, 7) is 4.29. The highest BCUT2D eigenvalue weighted by Gasteiger charge is 2.12. The number of nitriles is 1. The van der Waals surface area contributed by atoms with Gasteiger partial charge in [-0.15, -0.1) is 0 Å². The lowest BCUT2D eigenvalue weighted by atomic mass is 10.1. The zero-order valence-corrected chi connectivity index (χ0v) is 17.7. The smallest absolute Gasteiger partial charge is 0.149 e. The number of ether oxygens (including phenoxy) is 1. The Morgan fingerprint density at radius 2 is 2.07 bits per heavy atom. The van der Waals surface area contributed by atoms with Crippen LogP contribution in [-0.2, 0) is 0 Å². The third kappa shape index (κ3) is 5.62. The van der Waals surface area contributed by atoms with Gasteiger partial charge in [-0.3, -0.25) is 0 Å². The van der Waals surface area contributed by atoms with Crippen LogP contribution >= 0.6 is 11.6 Å². The molecule has 0 aliphatic rings. The number of rotatable bonds is 9. The van der Waals surface area contributed by atoms with Gasteiger partial charge in [0.25, 0.3) is 0 Å². The molecule has 0 aliphatic heterocycles. The van der Waals surface area contributed by atoms with Crippen LogP contribution in [0.2, 0.25) is 5.02 Å². The molecule has 0 fully saturated rings. The number of unbranched alkanes of at least 4 members (excludes halogenated alkanes) is 3. The second-order valence-electron chi connectivity index (χ2n) is 7.23. The zero-order valence-electron chi connectivity index (χ0n) is 16.9. The molecule has 29 heavy (non-hydrogen) atoms. The van der Waals surface area contributed by atoms with Crippen LogP contribution in [0.4, 0.5) is 0 Å². The molecule has 1 atom stereocenters. The minimum atomic E-state index is 0.0944. The first kappa shape index (κ1) is 21.0. The maximum absolute atomic E-state index is 9.72. The number of nitrogens with zero attached hydrogens (tertiary/aromatic N) is 2. The van der Waals surface area contributed by atoms with Crippen molar-refractivity contribution in [3.63, 3.8) is 0 Å². The number of hydrogen-bond donors (Lipinski definition) is 1. The average Bonchev–Trinajstić information content (AvgIpc) is 3.15. The van der Waals surface area contributed by atoms with Crippen molar-refractivity contribution in [2.45, 2.75) is 52.1 Å². The molecular formula is C24H26ClN3O. The van der Waals surface area contributed by atoms with Crippen molar-refractivity contribution in [2.24, 2.45) is 0 Å². The highest BCUT2D eigenvalue weighted by molar-refractivity contribution is 6.30. The van der Waals surface area contributed by atoms with E-state index in [1.807, 2.05) is 42.5 Å². The predicted molar refractivity (Wildman–Crippen MR) is 120 cm³/mol. The first-order valence-corrected chi connectivity index (χ1v) is 10.5. The van der Waals surface area contributed by atoms with E-state index in [2.05, 4.69) is 29.9 Å². The van der Waals surface area contributed by atoms with Gasteiger partial charge in [0.2, 0.25) is 0 Å². The number of fused-ring (bicyclic) bond motifs is 1. The number of aromatic nitrogens is 2. The summed E-state index contributed by atoms with van der Waals surface area (Å²) in [5.74, 6) is 1.26. The Morgan fingerprint density at radius 1 is 1.24 bits per heavy atom.